The van der Waals surface area contributed by atoms with E-state index in [1.165, 1.54) is 22.6 Å². The van der Waals surface area contributed by atoms with Crippen molar-refractivity contribution in [3.05, 3.63) is 57.9 Å². The van der Waals surface area contributed by atoms with E-state index in [2.05, 4.69) is 41.5 Å². The van der Waals surface area contributed by atoms with Crippen LogP contribution in [0.2, 0.25) is 0 Å². The SMILES string of the molecule is CCNC(=NCC(O)c1ccc(C(C)(C)C)cc1)NCCn1cc([N+](=O)[O-])cn1. The molecule has 0 bridgehead atoms. The fraction of sp³-hybridized carbons (Fsp3) is 0.500. The highest BCUT2D eigenvalue weighted by atomic mass is 16.6. The summed E-state index contributed by atoms with van der Waals surface area (Å²) in [5.74, 6) is 0.569. The van der Waals surface area contributed by atoms with Crippen LogP contribution >= 0.6 is 0 Å². The molecule has 0 spiro atoms. The van der Waals surface area contributed by atoms with Gasteiger partial charge in [0.1, 0.15) is 12.4 Å². The third-order valence-corrected chi connectivity index (χ3v) is 4.39. The lowest BCUT2D eigenvalue weighted by atomic mass is 9.86. The fourth-order valence-corrected chi connectivity index (χ4v) is 2.69. The molecule has 0 aliphatic rings. The lowest BCUT2D eigenvalue weighted by molar-refractivity contribution is -0.385. The number of hydrogen-bond acceptors (Lipinski definition) is 5. The minimum absolute atomic E-state index is 0.0359. The number of nitrogens with zero attached hydrogens (tertiary/aromatic N) is 4. The quantitative estimate of drug-likeness (QED) is 0.270. The number of aliphatic hydroxyl groups is 1. The monoisotopic (exact) mass is 402 g/mol. The van der Waals surface area contributed by atoms with Crippen LogP contribution in [0.3, 0.4) is 0 Å². The van der Waals surface area contributed by atoms with Gasteiger partial charge in [0.2, 0.25) is 0 Å². The third-order valence-electron chi connectivity index (χ3n) is 4.39. The van der Waals surface area contributed by atoms with E-state index in [1.807, 2.05) is 31.2 Å². The number of nitro groups is 1. The zero-order valence-electron chi connectivity index (χ0n) is 17.4. The summed E-state index contributed by atoms with van der Waals surface area (Å²) in [6, 6.07) is 7.95. The molecule has 1 aromatic carbocycles. The van der Waals surface area contributed by atoms with Crippen LogP contribution in [-0.2, 0) is 12.0 Å². The van der Waals surface area contributed by atoms with E-state index in [4.69, 9.17) is 0 Å². The predicted octanol–water partition coefficient (Wildman–Crippen LogP) is 2.38. The fourth-order valence-electron chi connectivity index (χ4n) is 2.69. The van der Waals surface area contributed by atoms with Crippen molar-refractivity contribution in [1.82, 2.24) is 20.4 Å². The summed E-state index contributed by atoms with van der Waals surface area (Å²) in [6.07, 6.45) is 1.91. The van der Waals surface area contributed by atoms with E-state index in [0.717, 1.165) is 5.56 Å². The maximum atomic E-state index is 10.7. The van der Waals surface area contributed by atoms with Crippen molar-refractivity contribution in [2.45, 2.75) is 45.8 Å². The Kier molecular flexibility index (Phi) is 7.72. The van der Waals surface area contributed by atoms with Crippen molar-refractivity contribution >= 4 is 11.6 Å². The summed E-state index contributed by atoms with van der Waals surface area (Å²) in [7, 11) is 0. The number of guanidine groups is 1. The van der Waals surface area contributed by atoms with Gasteiger partial charge >= 0.3 is 5.69 Å². The van der Waals surface area contributed by atoms with Gasteiger partial charge in [-0.2, -0.15) is 5.10 Å². The number of aliphatic hydroxyl groups excluding tert-OH is 1. The van der Waals surface area contributed by atoms with Gasteiger partial charge in [0, 0.05) is 13.1 Å². The van der Waals surface area contributed by atoms with Crippen molar-refractivity contribution in [1.29, 1.82) is 0 Å². The summed E-state index contributed by atoms with van der Waals surface area (Å²) >= 11 is 0. The molecule has 2 rings (SSSR count). The Hall–Kier alpha value is -2.94. The maximum Gasteiger partial charge on any atom is 0.306 e. The van der Waals surface area contributed by atoms with Crippen LogP contribution < -0.4 is 10.6 Å². The van der Waals surface area contributed by atoms with Gasteiger partial charge in [-0.05, 0) is 23.5 Å². The summed E-state index contributed by atoms with van der Waals surface area (Å²) in [5, 5.41) is 31.4. The Morgan fingerprint density at radius 1 is 1.31 bits per heavy atom. The highest BCUT2D eigenvalue weighted by Crippen LogP contribution is 2.24. The molecule has 0 aliphatic heterocycles. The van der Waals surface area contributed by atoms with Crippen LogP contribution in [0.4, 0.5) is 5.69 Å². The first kappa shape index (κ1) is 22.4. The highest BCUT2D eigenvalue weighted by Gasteiger charge is 2.14. The molecule has 0 aliphatic carbocycles. The minimum Gasteiger partial charge on any atom is -0.386 e. The Balaban J connectivity index is 1.90. The second-order valence-corrected chi connectivity index (χ2v) is 7.75. The first-order valence-electron chi connectivity index (χ1n) is 9.68. The van der Waals surface area contributed by atoms with Crippen LogP contribution in [0.5, 0.6) is 0 Å². The molecule has 0 saturated carbocycles. The van der Waals surface area contributed by atoms with Gasteiger partial charge in [0.05, 0.1) is 24.1 Å². The molecule has 1 aromatic heterocycles. The van der Waals surface area contributed by atoms with Crippen LogP contribution in [0, 0.1) is 10.1 Å². The second kappa shape index (κ2) is 10.0. The van der Waals surface area contributed by atoms with Crippen molar-refractivity contribution in [2.24, 2.45) is 4.99 Å². The van der Waals surface area contributed by atoms with E-state index < -0.39 is 11.0 Å². The number of aliphatic imine (C=N–C) groups is 1. The summed E-state index contributed by atoms with van der Waals surface area (Å²) < 4.78 is 1.50. The Morgan fingerprint density at radius 2 is 2.00 bits per heavy atom. The second-order valence-electron chi connectivity index (χ2n) is 7.75. The van der Waals surface area contributed by atoms with Gasteiger partial charge in [0.25, 0.3) is 0 Å². The highest BCUT2D eigenvalue weighted by molar-refractivity contribution is 5.79. The molecule has 9 nitrogen and oxygen atoms in total. The van der Waals surface area contributed by atoms with Crippen LogP contribution in [0.1, 0.15) is 44.9 Å². The standard InChI is InChI=1S/C20H30N6O3/c1-5-21-19(22-10-11-25-14-17(12-24-25)26(28)29)23-13-18(27)15-6-8-16(9-7-15)20(2,3)4/h6-9,12,14,18,27H,5,10-11,13H2,1-4H3,(H2,21,22,23). The molecule has 2 aromatic rings. The molecule has 3 N–H and O–H groups in total. The van der Waals surface area contributed by atoms with Gasteiger partial charge in [-0.1, -0.05) is 45.0 Å². The molecule has 0 radical (unpaired) electrons. The molecular weight excluding hydrogens is 372 g/mol. The van der Waals surface area contributed by atoms with Crippen molar-refractivity contribution in [3.8, 4) is 0 Å². The molecule has 0 saturated heterocycles. The lowest BCUT2D eigenvalue weighted by Gasteiger charge is -2.20. The molecule has 0 fully saturated rings. The zero-order chi connectivity index (χ0) is 21.4. The van der Waals surface area contributed by atoms with Gasteiger partial charge in [0.15, 0.2) is 5.96 Å². The van der Waals surface area contributed by atoms with Crippen molar-refractivity contribution in [3.63, 3.8) is 0 Å². The molecule has 1 heterocycles. The summed E-state index contributed by atoms with van der Waals surface area (Å²) in [6.45, 7) is 10.2. The largest absolute Gasteiger partial charge is 0.386 e. The molecule has 29 heavy (non-hydrogen) atoms. The van der Waals surface area contributed by atoms with Crippen LogP contribution in [-0.4, -0.2) is 45.4 Å². The molecule has 0 amide bonds. The number of benzene rings is 1. The molecular formula is C20H30N6O3. The van der Waals surface area contributed by atoms with Gasteiger partial charge < -0.3 is 15.7 Å². The summed E-state index contributed by atoms with van der Waals surface area (Å²) in [5.41, 5.74) is 2.07. The Labute approximate surface area is 171 Å². The Morgan fingerprint density at radius 3 is 2.55 bits per heavy atom. The number of rotatable bonds is 8. The van der Waals surface area contributed by atoms with Crippen molar-refractivity contribution in [2.75, 3.05) is 19.6 Å². The number of aromatic nitrogens is 2. The number of hydrogen-bond donors (Lipinski definition) is 3. The van der Waals surface area contributed by atoms with Gasteiger partial charge in [-0.25, -0.2) is 0 Å². The average Bonchev–Trinajstić information content (AvgIpc) is 3.14. The first-order valence-corrected chi connectivity index (χ1v) is 9.68. The lowest BCUT2D eigenvalue weighted by Crippen LogP contribution is -2.39. The average molecular weight is 402 g/mol. The topological polar surface area (TPSA) is 118 Å². The van der Waals surface area contributed by atoms with E-state index in [0.29, 0.717) is 25.6 Å². The molecule has 1 unspecified atom stereocenters. The smallest absolute Gasteiger partial charge is 0.306 e. The van der Waals surface area contributed by atoms with Crippen LogP contribution in [0.25, 0.3) is 0 Å². The van der Waals surface area contributed by atoms with Gasteiger partial charge in [-0.15, -0.1) is 0 Å². The third kappa shape index (κ3) is 6.86. The minimum atomic E-state index is -0.701. The predicted molar refractivity (Wildman–Crippen MR) is 113 cm³/mol. The number of nitrogens with one attached hydrogen (secondary N) is 2. The van der Waals surface area contributed by atoms with E-state index in [-0.39, 0.29) is 17.6 Å². The van der Waals surface area contributed by atoms with E-state index >= 15 is 0 Å². The van der Waals surface area contributed by atoms with E-state index in [1.54, 1.807) is 0 Å². The zero-order valence-corrected chi connectivity index (χ0v) is 17.4. The molecule has 9 heteroatoms. The van der Waals surface area contributed by atoms with E-state index in [9.17, 15) is 15.2 Å². The summed E-state index contributed by atoms with van der Waals surface area (Å²) in [4.78, 5) is 14.7. The van der Waals surface area contributed by atoms with Gasteiger partial charge in [-0.3, -0.25) is 19.8 Å². The van der Waals surface area contributed by atoms with Crippen molar-refractivity contribution < 1.29 is 10.0 Å². The Bertz CT molecular complexity index is 823. The normalized spacial score (nSPS) is 13.2. The van der Waals surface area contributed by atoms with Crippen LogP contribution in [0.15, 0.2) is 41.7 Å². The first-order chi connectivity index (χ1) is 13.7. The molecule has 1 atom stereocenters. The maximum absolute atomic E-state index is 10.7. The molecule has 158 valence electrons.